The fourth-order valence-corrected chi connectivity index (χ4v) is 2.99. The summed E-state index contributed by atoms with van der Waals surface area (Å²) in [5.74, 6) is -0.285. The smallest absolute Gasteiger partial charge is 0.316 e. The highest BCUT2D eigenvalue weighted by molar-refractivity contribution is 7.09. The lowest BCUT2D eigenvalue weighted by Crippen LogP contribution is -2.20. The van der Waals surface area contributed by atoms with Crippen LogP contribution in [-0.2, 0) is 0 Å². The average molecular weight is 352 g/mol. The number of nitrogens with zero attached hydrogens (tertiary/aromatic N) is 1. The first-order valence-corrected chi connectivity index (χ1v) is 8.40. The summed E-state index contributed by atoms with van der Waals surface area (Å²) in [4.78, 5) is 28.0. The first kappa shape index (κ1) is 16.7. The van der Waals surface area contributed by atoms with Gasteiger partial charge in [0.1, 0.15) is 0 Å². The van der Waals surface area contributed by atoms with Crippen LogP contribution in [0.15, 0.2) is 53.9 Å². The summed E-state index contributed by atoms with van der Waals surface area (Å²) in [6.07, 6.45) is 0. The van der Waals surface area contributed by atoms with Crippen LogP contribution in [0.1, 0.15) is 15.4 Å². The molecule has 1 aromatic heterocycles. The number of hydrogen-bond donors (Lipinski definition) is 3. The van der Waals surface area contributed by atoms with Crippen LogP contribution in [0.5, 0.6) is 0 Å². The topological polar surface area (TPSA) is 97.1 Å². The van der Waals surface area contributed by atoms with Gasteiger partial charge in [0.15, 0.2) is 0 Å². The lowest BCUT2D eigenvalue weighted by molar-refractivity contribution is 0.102. The molecule has 3 rings (SSSR count). The van der Waals surface area contributed by atoms with E-state index in [9.17, 15) is 9.59 Å². The maximum atomic E-state index is 12.6. The van der Waals surface area contributed by atoms with Crippen LogP contribution < -0.4 is 16.4 Å². The van der Waals surface area contributed by atoms with Gasteiger partial charge in [-0.15, -0.1) is 11.3 Å². The Kier molecular flexibility index (Phi) is 4.76. The van der Waals surface area contributed by atoms with Gasteiger partial charge in [-0.25, -0.2) is 9.78 Å². The zero-order chi connectivity index (χ0) is 17.8. The molecule has 6 nitrogen and oxygen atoms in total. The summed E-state index contributed by atoms with van der Waals surface area (Å²) < 4.78 is 0. The van der Waals surface area contributed by atoms with Gasteiger partial charge in [0.25, 0.3) is 5.91 Å². The number of carbonyl (C=O) groups excluding carboxylic acids is 2. The summed E-state index contributed by atoms with van der Waals surface area (Å²) in [6, 6.07) is 13.4. The Bertz CT molecular complexity index is 936. The van der Waals surface area contributed by atoms with Gasteiger partial charge < -0.3 is 16.4 Å². The van der Waals surface area contributed by atoms with Gasteiger partial charge in [-0.2, -0.15) is 0 Å². The number of nitrogens with two attached hydrogens (primary N) is 1. The highest BCUT2D eigenvalue weighted by Gasteiger charge is 2.12. The molecule has 0 unspecified atom stereocenters. The molecule has 0 aliphatic rings. The molecule has 0 spiro atoms. The number of urea groups is 1. The number of carbonyl (C=O) groups is 2. The van der Waals surface area contributed by atoms with Crippen LogP contribution in [-0.4, -0.2) is 16.9 Å². The fraction of sp³-hybridized carbons (Fsp3) is 0.0556. The monoisotopic (exact) mass is 352 g/mol. The third kappa shape index (κ3) is 4.02. The number of benzene rings is 2. The largest absolute Gasteiger partial charge is 0.351 e. The lowest BCUT2D eigenvalue weighted by Gasteiger charge is -2.10. The van der Waals surface area contributed by atoms with E-state index in [0.717, 1.165) is 16.3 Å². The zero-order valence-corrected chi connectivity index (χ0v) is 14.3. The molecule has 0 saturated heterocycles. The summed E-state index contributed by atoms with van der Waals surface area (Å²) in [5.41, 5.74) is 8.33. The summed E-state index contributed by atoms with van der Waals surface area (Å²) in [7, 11) is 0. The second-order valence-corrected chi connectivity index (χ2v) is 6.38. The van der Waals surface area contributed by atoms with Gasteiger partial charge in [-0.3, -0.25) is 4.79 Å². The van der Waals surface area contributed by atoms with E-state index in [4.69, 9.17) is 5.73 Å². The van der Waals surface area contributed by atoms with Crippen molar-refractivity contribution in [2.24, 2.45) is 5.73 Å². The van der Waals surface area contributed by atoms with Crippen LogP contribution in [0.4, 0.5) is 16.2 Å². The molecule has 3 aromatic rings. The van der Waals surface area contributed by atoms with Gasteiger partial charge in [0, 0.05) is 22.2 Å². The van der Waals surface area contributed by atoms with Crippen LogP contribution in [0.2, 0.25) is 0 Å². The van der Waals surface area contributed by atoms with Crippen molar-refractivity contribution in [3.8, 4) is 11.3 Å². The van der Waals surface area contributed by atoms with Crippen molar-refractivity contribution in [3.63, 3.8) is 0 Å². The number of thiazole rings is 1. The molecule has 0 atom stereocenters. The van der Waals surface area contributed by atoms with Crippen LogP contribution in [0.25, 0.3) is 11.3 Å². The van der Waals surface area contributed by atoms with E-state index < -0.39 is 6.03 Å². The molecular formula is C18H16N4O2S. The second kappa shape index (κ2) is 7.14. The fourth-order valence-electron chi connectivity index (χ4n) is 2.38. The Morgan fingerprint density at radius 3 is 2.60 bits per heavy atom. The van der Waals surface area contributed by atoms with Gasteiger partial charge in [-0.1, -0.05) is 24.3 Å². The lowest BCUT2D eigenvalue weighted by atomic mass is 10.1. The molecule has 0 saturated carbocycles. The molecular weight excluding hydrogens is 336 g/mol. The predicted octanol–water partition coefficient (Wildman–Crippen LogP) is 3.86. The Labute approximate surface area is 148 Å². The van der Waals surface area contributed by atoms with Crippen molar-refractivity contribution in [2.75, 3.05) is 10.6 Å². The summed E-state index contributed by atoms with van der Waals surface area (Å²) in [5, 5.41) is 8.27. The van der Waals surface area contributed by atoms with Crippen molar-refractivity contribution in [1.29, 1.82) is 0 Å². The highest BCUT2D eigenvalue weighted by atomic mass is 32.1. The Balaban J connectivity index is 1.86. The van der Waals surface area contributed by atoms with E-state index in [1.54, 1.807) is 35.6 Å². The molecule has 0 aliphatic carbocycles. The van der Waals surface area contributed by atoms with E-state index in [2.05, 4.69) is 15.6 Å². The number of aryl methyl sites for hydroxylation is 1. The number of hydrogen-bond acceptors (Lipinski definition) is 4. The van der Waals surface area contributed by atoms with E-state index in [1.807, 2.05) is 36.6 Å². The van der Waals surface area contributed by atoms with Crippen LogP contribution in [0.3, 0.4) is 0 Å². The van der Waals surface area contributed by atoms with Crippen molar-refractivity contribution >= 4 is 34.6 Å². The molecule has 4 N–H and O–H groups in total. The van der Waals surface area contributed by atoms with Crippen molar-refractivity contribution < 1.29 is 9.59 Å². The standard InChI is InChI=1S/C18H16N4O2S/c1-11-20-16(10-25-11)14-7-2-3-8-15(14)22-17(23)12-5-4-6-13(9-12)21-18(19)24/h2-10H,1H3,(H,22,23)(H3,19,21,24). The molecule has 25 heavy (non-hydrogen) atoms. The number of anilines is 2. The minimum absolute atomic E-state index is 0.285. The Morgan fingerprint density at radius 2 is 1.88 bits per heavy atom. The molecule has 0 fully saturated rings. The van der Waals surface area contributed by atoms with Crippen molar-refractivity contribution in [2.45, 2.75) is 6.92 Å². The Morgan fingerprint density at radius 1 is 1.08 bits per heavy atom. The van der Waals surface area contributed by atoms with Crippen LogP contribution in [0, 0.1) is 6.92 Å². The second-order valence-electron chi connectivity index (χ2n) is 5.32. The highest BCUT2D eigenvalue weighted by Crippen LogP contribution is 2.29. The average Bonchev–Trinajstić information content (AvgIpc) is 3.01. The minimum atomic E-state index is -0.679. The maximum Gasteiger partial charge on any atom is 0.316 e. The first-order valence-electron chi connectivity index (χ1n) is 7.52. The molecule has 2 aromatic carbocycles. The van der Waals surface area contributed by atoms with E-state index in [-0.39, 0.29) is 5.91 Å². The van der Waals surface area contributed by atoms with Gasteiger partial charge in [0.2, 0.25) is 0 Å². The molecule has 7 heteroatoms. The van der Waals surface area contributed by atoms with Crippen LogP contribution >= 0.6 is 11.3 Å². The molecule has 126 valence electrons. The zero-order valence-electron chi connectivity index (χ0n) is 13.4. The van der Waals surface area contributed by atoms with E-state index >= 15 is 0 Å². The minimum Gasteiger partial charge on any atom is -0.351 e. The third-order valence-electron chi connectivity index (χ3n) is 3.46. The normalized spacial score (nSPS) is 10.3. The number of rotatable bonds is 4. The van der Waals surface area contributed by atoms with E-state index in [1.165, 1.54) is 0 Å². The summed E-state index contributed by atoms with van der Waals surface area (Å²) in [6.45, 7) is 1.94. The van der Waals surface area contributed by atoms with Gasteiger partial charge in [0.05, 0.1) is 16.4 Å². The molecule has 0 radical (unpaired) electrons. The maximum absolute atomic E-state index is 12.6. The first-order chi connectivity index (χ1) is 12.0. The number of primary amides is 1. The van der Waals surface area contributed by atoms with Crippen molar-refractivity contribution in [1.82, 2.24) is 4.98 Å². The van der Waals surface area contributed by atoms with Gasteiger partial charge in [-0.05, 0) is 31.2 Å². The quantitative estimate of drug-likeness (QED) is 0.665. The number of nitrogens with one attached hydrogen (secondary N) is 2. The number of aromatic nitrogens is 1. The van der Waals surface area contributed by atoms with Crippen molar-refractivity contribution in [3.05, 3.63) is 64.5 Å². The van der Waals surface area contributed by atoms with Gasteiger partial charge >= 0.3 is 6.03 Å². The Hall–Kier alpha value is -3.19. The molecule has 1 heterocycles. The molecule has 0 bridgehead atoms. The number of para-hydroxylation sites is 1. The predicted molar refractivity (Wildman–Crippen MR) is 99.9 cm³/mol. The third-order valence-corrected chi connectivity index (χ3v) is 4.24. The van der Waals surface area contributed by atoms with E-state index in [0.29, 0.717) is 16.9 Å². The number of amides is 3. The molecule has 0 aliphatic heterocycles. The summed E-state index contributed by atoms with van der Waals surface area (Å²) >= 11 is 1.55. The SMILES string of the molecule is Cc1nc(-c2ccccc2NC(=O)c2cccc(NC(N)=O)c2)cs1. The molecule has 3 amide bonds.